The molecule has 0 fully saturated rings. The second-order valence-corrected chi connectivity index (χ2v) is 7.57. The summed E-state index contributed by atoms with van der Waals surface area (Å²) in [6, 6.07) is 13.6. The highest BCUT2D eigenvalue weighted by Gasteiger charge is 2.12. The van der Waals surface area contributed by atoms with Crippen LogP contribution in [0.5, 0.6) is 0 Å². The molecule has 7 heteroatoms. The number of para-hydroxylation sites is 2. The van der Waals surface area contributed by atoms with Gasteiger partial charge >= 0.3 is 0 Å². The number of rotatable bonds is 4. The summed E-state index contributed by atoms with van der Waals surface area (Å²) in [6.45, 7) is 0.290. The Morgan fingerprint density at radius 3 is 2.42 bits per heavy atom. The summed E-state index contributed by atoms with van der Waals surface area (Å²) >= 11 is 0. The standard InChI is InChI=1S/C17H17N3O3S/c1-20-15-6-4-3-5-14(15)19-16(20)11-18-17(21)12-7-9-13(10-8-12)24(2,22)23/h3-10H,11H2,1-2H3,(H,18,21). The maximum Gasteiger partial charge on any atom is 0.251 e. The molecule has 2 aromatic carbocycles. The van der Waals surface area contributed by atoms with E-state index in [0.29, 0.717) is 5.56 Å². The summed E-state index contributed by atoms with van der Waals surface area (Å²) in [5, 5.41) is 2.80. The predicted molar refractivity (Wildman–Crippen MR) is 91.4 cm³/mol. The van der Waals surface area contributed by atoms with Crippen molar-refractivity contribution < 1.29 is 13.2 Å². The van der Waals surface area contributed by atoms with Crippen molar-refractivity contribution in [2.24, 2.45) is 7.05 Å². The number of benzene rings is 2. The number of nitrogens with zero attached hydrogens (tertiary/aromatic N) is 2. The van der Waals surface area contributed by atoms with E-state index in [2.05, 4.69) is 10.3 Å². The van der Waals surface area contributed by atoms with Crippen LogP contribution in [0.2, 0.25) is 0 Å². The number of aromatic nitrogens is 2. The lowest BCUT2D eigenvalue weighted by molar-refractivity contribution is 0.0949. The zero-order chi connectivity index (χ0) is 17.3. The first-order chi connectivity index (χ1) is 11.4. The van der Waals surface area contributed by atoms with E-state index in [0.717, 1.165) is 23.1 Å². The van der Waals surface area contributed by atoms with Crippen LogP contribution in [0.3, 0.4) is 0 Å². The summed E-state index contributed by atoms with van der Waals surface area (Å²) in [6.07, 6.45) is 1.13. The van der Waals surface area contributed by atoms with Gasteiger partial charge in [-0.25, -0.2) is 13.4 Å². The Balaban J connectivity index is 1.74. The lowest BCUT2D eigenvalue weighted by Gasteiger charge is -2.06. The zero-order valence-corrected chi connectivity index (χ0v) is 14.2. The Morgan fingerprint density at radius 2 is 1.79 bits per heavy atom. The van der Waals surface area contributed by atoms with Gasteiger partial charge in [-0.05, 0) is 36.4 Å². The number of sulfone groups is 1. The number of hydrogen-bond donors (Lipinski definition) is 1. The molecular formula is C17H17N3O3S. The fraction of sp³-hybridized carbons (Fsp3) is 0.176. The van der Waals surface area contributed by atoms with Crippen molar-refractivity contribution in [2.45, 2.75) is 11.4 Å². The van der Waals surface area contributed by atoms with Crippen molar-refractivity contribution in [3.8, 4) is 0 Å². The molecular weight excluding hydrogens is 326 g/mol. The smallest absolute Gasteiger partial charge is 0.251 e. The van der Waals surface area contributed by atoms with Crippen molar-refractivity contribution >= 4 is 26.8 Å². The van der Waals surface area contributed by atoms with Gasteiger partial charge in [-0.3, -0.25) is 4.79 Å². The van der Waals surface area contributed by atoms with Gasteiger partial charge in [0.2, 0.25) is 0 Å². The first-order valence-corrected chi connectivity index (χ1v) is 9.24. The van der Waals surface area contributed by atoms with Crippen LogP contribution in [0.25, 0.3) is 11.0 Å². The minimum Gasteiger partial charge on any atom is -0.345 e. The van der Waals surface area contributed by atoms with Crippen LogP contribution < -0.4 is 5.32 Å². The van der Waals surface area contributed by atoms with Crippen molar-refractivity contribution in [3.63, 3.8) is 0 Å². The topological polar surface area (TPSA) is 81.1 Å². The van der Waals surface area contributed by atoms with Crippen LogP contribution in [-0.4, -0.2) is 30.1 Å². The number of amides is 1. The molecule has 0 saturated carbocycles. The Bertz CT molecular complexity index is 1010. The molecule has 0 bridgehead atoms. The SMILES string of the molecule is Cn1c(CNC(=O)c2ccc(S(C)(=O)=O)cc2)nc2ccccc21. The molecule has 0 radical (unpaired) electrons. The molecule has 1 aromatic heterocycles. The van der Waals surface area contributed by atoms with Gasteiger partial charge in [0, 0.05) is 18.9 Å². The van der Waals surface area contributed by atoms with Gasteiger partial charge in [0.05, 0.1) is 22.5 Å². The zero-order valence-electron chi connectivity index (χ0n) is 13.4. The molecule has 1 heterocycles. The third kappa shape index (κ3) is 3.16. The van der Waals surface area contributed by atoms with Gasteiger partial charge in [-0.1, -0.05) is 12.1 Å². The number of imidazole rings is 1. The molecule has 1 N–H and O–H groups in total. The maximum atomic E-state index is 12.2. The molecule has 3 aromatic rings. The van der Waals surface area contributed by atoms with E-state index < -0.39 is 9.84 Å². The van der Waals surface area contributed by atoms with Gasteiger partial charge in [0.15, 0.2) is 9.84 Å². The van der Waals surface area contributed by atoms with Crippen LogP contribution in [-0.2, 0) is 23.4 Å². The van der Waals surface area contributed by atoms with E-state index in [1.807, 2.05) is 35.9 Å². The molecule has 124 valence electrons. The number of carbonyl (C=O) groups excluding carboxylic acids is 1. The van der Waals surface area contributed by atoms with Gasteiger partial charge in [0.25, 0.3) is 5.91 Å². The first kappa shape index (κ1) is 16.2. The van der Waals surface area contributed by atoms with Gasteiger partial charge < -0.3 is 9.88 Å². The molecule has 0 aliphatic rings. The quantitative estimate of drug-likeness (QED) is 0.784. The molecule has 1 amide bonds. The highest BCUT2D eigenvalue weighted by molar-refractivity contribution is 7.90. The molecule has 0 atom stereocenters. The fourth-order valence-electron chi connectivity index (χ4n) is 2.47. The molecule has 0 saturated heterocycles. The summed E-state index contributed by atoms with van der Waals surface area (Å²) in [5.74, 6) is 0.472. The van der Waals surface area contributed by atoms with Gasteiger partial charge in [-0.2, -0.15) is 0 Å². The average Bonchev–Trinajstić information content (AvgIpc) is 2.88. The second kappa shape index (κ2) is 6.09. The number of carbonyl (C=O) groups is 1. The van der Waals surface area contributed by atoms with Crippen LogP contribution in [0.15, 0.2) is 53.4 Å². The molecule has 0 aliphatic carbocycles. The minimum atomic E-state index is -3.27. The summed E-state index contributed by atoms with van der Waals surface area (Å²) in [4.78, 5) is 16.9. The number of nitrogens with one attached hydrogen (secondary N) is 1. The first-order valence-electron chi connectivity index (χ1n) is 7.35. The van der Waals surface area contributed by atoms with Crippen molar-refractivity contribution in [1.29, 1.82) is 0 Å². The predicted octanol–water partition coefficient (Wildman–Crippen LogP) is 1.91. The summed E-state index contributed by atoms with van der Waals surface area (Å²) in [7, 11) is -1.37. The third-order valence-electron chi connectivity index (χ3n) is 3.83. The van der Waals surface area contributed by atoms with E-state index in [1.165, 1.54) is 24.3 Å². The van der Waals surface area contributed by atoms with Gasteiger partial charge in [-0.15, -0.1) is 0 Å². The van der Waals surface area contributed by atoms with E-state index in [1.54, 1.807) is 0 Å². The summed E-state index contributed by atoms with van der Waals surface area (Å²) < 4.78 is 24.8. The maximum absolute atomic E-state index is 12.2. The number of fused-ring (bicyclic) bond motifs is 1. The largest absolute Gasteiger partial charge is 0.345 e. The molecule has 0 aliphatic heterocycles. The lowest BCUT2D eigenvalue weighted by Crippen LogP contribution is -2.24. The molecule has 0 spiro atoms. The van der Waals surface area contributed by atoms with E-state index >= 15 is 0 Å². The second-order valence-electron chi connectivity index (χ2n) is 5.55. The molecule has 3 rings (SSSR count). The Labute approximate surface area is 140 Å². The Morgan fingerprint density at radius 1 is 1.12 bits per heavy atom. The highest BCUT2D eigenvalue weighted by Crippen LogP contribution is 2.14. The van der Waals surface area contributed by atoms with E-state index in [-0.39, 0.29) is 17.3 Å². The normalized spacial score (nSPS) is 11.6. The molecule has 0 unspecified atom stereocenters. The van der Waals surface area contributed by atoms with Crippen LogP contribution in [0, 0.1) is 0 Å². The summed E-state index contributed by atoms with van der Waals surface area (Å²) in [5.41, 5.74) is 2.28. The average molecular weight is 343 g/mol. The fourth-order valence-corrected chi connectivity index (χ4v) is 3.10. The van der Waals surface area contributed by atoms with Crippen molar-refractivity contribution in [1.82, 2.24) is 14.9 Å². The Kier molecular flexibility index (Phi) is 4.11. The van der Waals surface area contributed by atoms with Crippen molar-refractivity contribution in [2.75, 3.05) is 6.26 Å². The third-order valence-corrected chi connectivity index (χ3v) is 4.96. The molecule has 24 heavy (non-hydrogen) atoms. The van der Waals surface area contributed by atoms with Crippen LogP contribution in [0.4, 0.5) is 0 Å². The monoisotopic (exact) mass is 343 g/mol. The van der Waals surface area contributed by atoms with Gasteiger partial charge in [0.1, 0.15) is 5.82 Å². The number of aryl methyl sites for hydroxylation is 1. The number of hydrogen-bond acceptors (Lipinski definition) is 4. The minimum absolute atomic E-state index is 0.189. The van der Waals surface area contributed by atoms with Crippen LogP contribution in [0.1, 0.15) is 16.2 Å². The molecule has 6 nitrogen and oxygen atoms in total. The van der Waals surface area contributed by atoms with E-state index in [9.17, 15) is 13.2 Å². The lowest BCUT2D eigenvalue weighted by atomic mass is 10.2. The van der Waals surface area contributed by atoms with Crippen LogP contribution >= 0.6 is 0 Å². The Hall–Kier alpha value is -2.67. The highest BCUT2D eigenvalue weighted by atomic mass is 32.2. The van der Waals surface area contributed by atoms with Crippen molar-refractivity contribution in [3.05, 3.63) is 59.9 Å². The van der Waals surface area contributed by atoms with E-state index in [4.69, 9.17) is 0 Å².